The molecule has 21 heavy (non-hydrogen) atoms. The predicted octanol–water partition coefficient (Wildman–Crippen LogP) is 3.22. The van der Waals surface area contributed by atoms with Crippen molar-refractivity contribution >= 4 is 17.6 Å². The summed E-state index contributed by atoms with van der Waals surface area (Å²) in [7, 11) is 0. The molecule has 1 aliphatic rings. The quantitative estimate of drug-likeness (QED) is 0.911. The van der Waals surface area contributed by atoms with Crippen molar-refractivity contribution in [3.8, 4) is 0 Å². The highest BCUT2D eigenvalue weighted by Crippen LogP contribution is 2.45. The maximum atomic E-state index is 12.0. The van der Waals surface area contributed by atoms with E-state index in [1.165, 1.54) is 0 Å². The lowest BCUT2D eigenvalue weighted by Crippen LogP contribution is -2.41. The number of urea groups is 1. The summed E-state index contributed by atoms with van der Waals surface area (Å²) in [5.74, 6) is 0. The molecule has 0 unspecified atom stereocenters. The van der Waals surface area contributed by atoms with Gasteiger partial charge in [0.1, 0.15) is 0 Å². The van der Waals surface area contributed by atoms with E-state index in [1.807, 2.05) is 36.4 Å². The number of hydrogen-bond donors (Lipinski definition) is 2. The third-order valence-corrected chi connectivity index (χ3v) is 3.95. The minimum Gasteiger partial charge on any atom is -0.334 e. The maximum absolute atomic E-state index is 12.0. The number of nitrogens with one attached hydrogen (secondary N) is 2. The van der Waals surface area contributed by atoms with Crippen LogP contribution in [0.1, 0.15) is 24.0 Å². The van der Waals surface area contributed by atoms with E-state index < -0.39 is 0 Å². The molecule has 0 radical (unpaired) electrons. The molecule has 1 aromatic carbocycles. The van der Waals surface area contributed by atoms with Gasteiger partial charge in [-0.2, -0.15) is 0 Å². The van der Waals surface area contributed by atoms with Gasteiger partial charge in [-0.3, -0.25) is 4.98 Å². The molecule has 2 N–H and O–H groups in total. The Kier molecular flexibility index (Phi) is 3.80. The summed E-state index contributed by atoms with van der Waals surface area (Å²) < 4.78 is 0. The first-order valence-electron chi connectivity index (χ1n) is 6.89. The zero-order chi connectivity index (χ0) is 14.7. The second-order valence-electron chi connectivity index (χ2n) is 5.25. The van der Waals surface area contributed by atoms with Gasteiger partial charge in [-0.1, -0.05) is 23.7 Å². The first kappa shape index (κ1) is 13.9. The molecular weight excluding hydrogens is 286 g/mol. The monoisotopic (exact) mass is 301 g/mol. The van der Waals surface area contributed by atoms with E-state index >= 15 is 0 Å². The molecule has 0 bridgehead atoms. The number of rotatable bonds is 4. The summed E-state index contributed by atoms with van der Waals surface area (Å²) in [5.41, 5.74) is 1.90. The Morgan fingerprint density at radius 1 is 1.14 bits per heavy atom. The number of carbonyl (C=O) groups is 1. The fourth-order valence-corrected chi connectivity index (χ4v) is 2.45. The largest absolute Gasteiger partial charge is 0.334 e. The summed E-state index contributed by atoms with van der Waals surface area (Å²) in [5, 5.41) is 6.64. The van der Waals surface area contributed by atoms with Crippen LogP contribution >= 0.6 is 11.6 Å². The standard InChI is InChI=1S/C16H16ClN3O/c17-14-3-1-13(2-4-14)16(7-8-16)20-15(21)19-11-12-5-9-18-10-6-12/h1-6,9-10H,7-8,11H2,(H2,19,20,21). The normalized spacial score (nSPS) is 15.3. The van der Waals surface area contributed by atoms with E-state index in [0.717, 1.165) is 24.0 Å². The van der Waals surface area contributed by atoms with Gasteiger partial charge >= 0.3 is 6.03 Å². The minimum absolute atomic E-state index is 0.153. The fraction of sp³-hybridized carbons (Fsp3) is 0.250. The number of aromatic nitrogens is 1. The van der Waals surface area contributed by atoms with Crippen molar-refractivity contribution in [2.45, 2.75) is 24.9 Å². The maximum Gasteiger partial charge on any atom is 0.315 e. The van der Waals surface area contributed by atoms with Crippen LogP contribution in [-0.2, 0) is 12.1 Å². The minimum atomic E-state index is -0.229. The van der Waals surface area contributed by atoms with Crippen LogP contribution in [0.2, 0.25) is 5.02 Å². The van der Waals surface area contributed by atoms with Crippen LogP contribution in [0.25, 0.3) is 0 Å². The molecule has 5 heteroatoms. The van der Waals surface area contributed by atoms with Gasteiger partial charge in [-0.25, -0.2) is 4.79 Å². The Morgan fingerprint density at radius 3 is 2.43 bits per heavy atom. The molecule has 4 nitrogen and oxygen atoms in total. The first-order chi connectivity index (χ1) is 10.2. The molecule has 2 aromatic rings. The van der Waals surface area contributed by atoms with Crippen LogP contribution in [-0.4, -0.2) is 11.0 Å². The van der Waals surface area contributed by atoms with Crippen molar-refractivity contribution in [1.29, 1.82) is 0 Å². The molecule has 3 rings (SSSR count). The van der Waals surface area contributed by atoms with E-state index in [1.54, 1.807) is 12.4 Å². The van der Waals surface area contributed by atoms with Crippen molar-refractivity contribution in [2.75, 3.05) is 0 Å². The summed E-state index contributed by atoms with van der Waals surface area (Å²) in [6.07, 6.45) is 5.34. The number of nitrogens with zero attached hydrogens (tertiary/aromatic N) is 1. The van der Waals surface area contributed by atoms with Gasteiger partial charge in [0.05, 0.1) is 5.54 Å². The molecule has 2 amide bonds. The van der Waals surface area contributed by atoms with E-state index in [4.69, 9.17) is 11.6 Å². The van der Waals surface area contributed by atoms with E-state index in [0.29, 0.717) is 11.6 Å². The molecule has 1 aromatic heterocycles. The van der Waals surface area contributed by atoms with Gasteiger partial charge in [0.15, 0.2) is 0 Å². The molecule has 0 atom stereocenters. The fourth-order valence-electron chi connectivity index (χ4n) is 2.32. The zero-order valence-electron chi connectivity index (χ0n) is 11.5. The second-order valence-corrected chi connectivity index (χ2v) is 5.69. The molecule has 1 saturated carbocycles. The highest BCUT2D eigenvalue weighted by Gasteiger charge is 2.45. The van der Waals surface area contributed by atoms with Crippen LogP contribution in [0, 0.1) is 0 Å². The van der Waals surface area contributed by atoms with E-state index in [9.17, 15) is 4.79 Å². The number of hydrogen-bond acceptors (Lipinski definition) is 2. The summed E-state index contributed by atoms with van der Waals surface area (Å²) >= 11 is 5.90. The second kappa shape index (κ2) is 5.74. The Bertz CT molecular complexity index is 624. The van der Waals surface area contributed by atoms with Crippen molar-refractivity contribution in [1.82, 2.24) is 15.6 Å². The van der Waals surface area contributed by atoms with Crippen LogP contribution in [0.15, 0.2) is 48.8 Å². The molecule has 1 fully saturated rings. The molecule has 0 spiro atoms. The average Bonchev–Trinajstić information content (AvgIpc) is 3.27. The lowest BCUT2D eigenvalue weighted by Gasteiger charge is -2.18. The third-order valence-electron chi connectivity index (χ3n) is 3.70. The average molecular weight is 302 g/mol. The summed E-state index contributed by atoms with van der Waals surface area (Å²) in [6, 6.07) is 11.3. The molecule has 1 aliphatic carbocycles. The molecule has 0 aliphatic heterocycles. The van der Waals surface area contributed by atoms with Crippen molar-refractivity contribution in [3.05, 3.63) is 64.9 Å². The predicted molar refractivity (Wildman–Crippen MR) is 82.0 cm³/mol. The van der Waals surface area contributed by atoms with E-state index in [-0.39, 0.29) is 11.6 Å². The lowest BCUT2D eigenvalue weighted by atomic mass is 10.1. The lowest BCUT2D eigenvalue weighted by molar-refractivity contribution is 0.235. The topological polar surface area (TPSA) is 54.0 Å². The van der Waals surface area contributed by atoms with Gasteiger partial charge < -0.3 is 10.6 Å². The highest BCUT2D eigenvalue weighted by molar-refractivity contribution is 6.30. The van der Waals surface area contributed by atoms with Gasteiger partial charge in [-0.05, 0) is 48.2 Å². The molecule has 0 saturated heterocycles. The number of amides is 2. The number of halogens is 1. The zero-order valence-corrected chi connectivity index (χ0v) is 12.2. The summed E-state index contributed by atoms with van der Waals surface area (Å²) in [4.78, 5) is 16.0. The van der Waals surface area contributed by atoms with Crippen LogP contribution in [0.3, 0.4) is 0 Å². The van der Waals surface area contributed by atoms with Gasteiger partial charge in [-0.15, -0.1) is 0 Å². The van der Waals surface area contributed by atoms with Crippen LogP contribution in [0.5, 0.6) is 0 Å². The molecule has 1 heterocycles. The van der Waals surface area contributed by atoms with Crippen LogP contribution in [0.4, 0.5) is 4.79 Å². The molecular formula is C16H16ClN3O. The Morgan fingerprint density at radius 2 is 1.81 bits per heavy atom. The van der Waals surface area contributed by atoms with Gasteiger partial charge in [0, 0.05) is 24.0 Å². The number of pyridine rings is 1. The van der Waals surface area contributed by atoms with E-state index in [2.05, 4.69) is 15.6 Å². The van der Waals surface area contributed by atoms with Crippen molar-refractivity contribution < 1.29 is 4.79 Å². The molecule has 108 valence electrons. The number of benzene rings is 1. The Hall–Kier alpha value is -2.07. The van der Waals surface area contributed by atoms with Crippen molar-refractivity contribution in [2.24, 2.45) is 0 Å². The summed E-state index contributed by atoms with van der Waals surface area (Å²) in [6.45, 7) is 0.491. The smallest absolute Gasteiger partial charge is 0.315 e. The highest BCUT2D eigenvalue weighted by atomic mass is 35.5. The number of carbonyl (C=O) groups excluding carboxylic acids is 1. The third kappa shape index (κ3) is 3.34. The first-order valence-corrected chi connectivity index (χ1v) is 7.27. The Balaban J connectivity index is 1.58. The Labute approximate surface area is 128 Å². The van der Waals surface area contributed by atoms with Gasteiger partial charge in [0.2, 0.25) is 0 Å². The van der Waals surface area contributed by atoms with Crippen molar-refractivity contribution in [3.63, 3.8) is 0 Å². The van der Waals surface area contributed by atoms with Crippen LogP contribution < -0.4 is 10.6 Å². The SMILES string of the molecule is O=C(NCc1ccncc1)NC1(c2ccc(Cl)cc2)CC1. The van der Waals surface area contributed by atoms with Gasteiger partial charge in [0.25, 0.3) is 0 Å².